The van der Waals surface area contributed by atoms with Crippen molar-refractivity contribution >= 4 is 5.91 Å². The van der Waals surface area contributed by atoms with Crippen molar-refractivity contribution in [3.8, 4) is 16.9 Å². The van der Waals surface area contributed by atoms with Crippen molar-refractivity contribution in [1.29, 1.82) is 0 Å². The number of carbonyl (C=O) groups excluding carboxylic acids is 1. The number of hydrogen-bond donors (Lipinski definition) is 1. The van der Waals surface area contributed by atoms with Gasteiger partial charge >= 0.3 is 0 Å². The molecule has 2 heterocycles. The van der Waals surface area contributed by atoms with Gasteiger partial charge in [0.05, 0.1) is 26.2 Å². The second kappa shape index (κ2) is 9.22. The molecular weight excluding hydrogens is 352 g/mol. The molecule has 0 aromatic heterocycles. The summed E-state index contributed by atoms with van der Waals surface area (Å²) in [5, 5.41) is 0. The zero-order valence-electron chi connectivity index (χ0n) is 16.3. The van der Waals surface area contributed by atoms with Crippen LogP contribution >= 0.6 is 0 Å². The predicted octanol–water partition coefficient (Wildman–Crippen LogP) is 1.64. The van der Waals surface area contributed by atoms with Crippen molar-refractivity contribution in [3.05, 3.63) is 54.6 Å². The third-order valence-electron chi connectivity index (χ3n) is 5.69. The Labute approximate surface area is 166 Å². The SMILES string of the molecule is O=C(COc1ccc(-c2ccccc2)cc1)N1CC[NH+](C[C@@H]2CCCO2)CC1. The van der Waals surface area contributed by atoms with Gasteiger partial charge in [-0.25, -0.2) is 0 Å². The molecule has 2 aromatic rings. The van der Waals surface area contributed by atoms with Crippen LogP contribution in [-0.4, -0.2) is 62.8 Å². The van der Waals surface area contributed by atoms with Gasteiger partial charge in [-0.1, -0.05) is 42.5 Å². The highest BCUT2D eigenvalue weighted by Gasteiger charge is 2.27. The van der Waals surface area contributed by atoms with E-state index in [-0.39, 0.29) is 12.5 Å². The molecule has 0 radical (unpaired) electrons. The summed E-state index contributed by atoms with van der Waals surface area (Å²) in [7, 11) is 0. The first-order valence-corrected chi connectivity index (χ1v) is 10.3. The minimum atomic E-state index is 0.0725. The van der Waals surface area contributed by atoms with E-state index >= 15 is 0 Å². The summed E-state index contributed by atoms with van der Waals surface area (Å²) >= 11 is 0. The highest BCUT2D eigenvalue weighted by atomic mass is 16.5. The quantitative estimate of drug-likeness (QED) is 0.827. The fourth-order valence-electron chi connectivity index (χ4n) is 4.01. The Morgan fingerprint density at radius 1 is 1.04 bits per heavy atom. The van der Waals surface area contributed by atoms with Gasteiger partial charge in [0.2, 0.25) is 0 Å². The van der Waals surface area contributed by atoms with Crippen molar-refractivity contribution in [2.75, 3.05) is 45.9 Å². The molecule has 2 aromatic carbocycles. The molecule has 1 atom stereocenters. The molecule has 1 amide bonds. The lowest BCUT2D eigenvalue weighted by Gasteiger charge is -2.33. The van der Waals surface area contributed by atoms with Crippen LogP contribution in [0.1, 0.15) is 12.8 Å². The zero-order chi connectivity index (χ0) is 19.2. The number of nitrogens with zero attached hydrogens (tertiary/aromatic N) is 1. The first kappa shape index (κ1) is 19.0. The van der Waals surface area contributed by atoms with Crippen LogP contribution in [0, 0.1) is 0 Å². The van der Waals surface area contributed by atoms with Crippen LogP contribution in [0.4, 0.5) is 0 Å². The average Bonchev–Trinajstić information content (AvgIpc) is 3.27. The fourth-order valence-corrected chi connectivity index (χ4v) is 4.01. The highest BCUT2D eigenvalue weighted by Crippen LogP contribution is 2.22. The van der Waals surface area contributed by atoms with Crippen molar-refractivity contribution in [1.82, 2.24) is 4.90 Å². The van der Waals surface area contributed by atoms with E-state index in [0.717, 1.165) is 50.6 Å². The predicted molar refractivity (Wildman–Crippen MR) is 108 cm³/mol. The molecule has 0 bridgehead atoms. The van der Waals surface area contributed by atoms with E-state index in [1.54, 1.807) is 4.90 Å². The molecule has 2 saturated heterocycles. The standard InChI is InChI=1S/C23H28N2O3/c26-23(25-14-12-24(13-15-25)17-22-7-4-16-27-22)18-28-21-10-8-20(9-11-21)19-5-2-1-3-6-19/h1-3,5-6,8-11,22H,4,7,12-18H2/p+1/t22-/m0/s1. The molecule has 0 spiro atoms. The van der Waals surface area contributed by atoms with Crippen LogP contribution in [0.2, 0.25) is 0 Å². The summed E-state index contributed by atoms with van der Waals surface area (Å²) in [6.07, 6.45) is 2.79. The molecule has 4 rings (SSSR count). The number of rotatable bonds is 6. The molecule has 2 aliphatic rings. The summed E-state index contributed by atoms with van der Waals surface area (Å²) in [6.45, 7) is 5.69. The average molecular weight is 381 g/mol. The molecule has 0 aliphatic carbocycles. The Morgan fingerprint density at radius 2 is 1.75 bits per heavy atom. The van der Waals surface area contributed by atoms with Crippen molar-refractivity contribution in [3.63, 3.8) is 0 Å². The Hall–Kier alpha value is -2.37. The molecule has 2 fully saturated rings. The number of benzene rings is 2. The Morgan fingerprint density at radius 3 is 2.43 bits per heavy atom. The van der Waals surface area contributed by atoms with E-state index in [1.165, 1.54) is 18.4 Å². The number of carbonyl (C=O) groups is 1. The smallest absolute Gasteiger partial charge is 0.260 e. The molecule has 5 heteroatoms. The fraction of sp³-hybridized carbons (Fsp3) is 0.435. The summed E-state index contributed by atoms with van der Waals surface area (Å²) in [6, 6.07) is 18.2. The summed E-state index contributed by atoms with van der Waals surface area (Å²) in [5.74, 6) is 0.805. The lowest BCUT2D eigenvalue weighted by molar-refractivity contribution is -0.906. The topological polar surface area (TPSA) is 43.2 Å². The first-order valence-electron chi connectivity index (χ1n) is 10.3. The lowest BCUT2D eigenvalue weighted by atomic mass is 10.1. The van der Waals surface area contributed by atoms with Crippen molar-refractivity contribution < 1.29 is 19.2 Å². The zero-order valence-corrected chi connectivity index (χ0v) is 16.3. The molecule has 2 aliphatic heterocycles. The molecule has 0 unspecified atom stereocenters. The maximum atomic E-state index is 12.5. The first-order chi connectivity index (χ1) is 13.8. The van der Waals surface area contributed by atoms with E-state index in [0.29, 0.717) is 6.10 Å². The van der Waals surface area contributed by atoms with Gasteiger partial charge in [0.15, 0.2) is 6.61 Å². The van der Waals surface area contributed by atoms with Gasteiger partial charge < -0.3 is 19.3 Å². The second-order valence-electron chi connectivity index (χ2n) is 7.65. The lowest BCUT2D eigenvalue weighted by Crippen LogP contribution is -3.15. The van der Waals surface area contributed by atoms with E-state index in [4.69, 9.17) is 9.47 Å². The maximum Gasteiger partial charge on any atom is 0.260 e. The third kappa shape index (κ3) is 4.91. The van der Waals surface area contributed by atoms with Gasteiger partial charge in [-0.15, -0.1) is 0 Å². The monoisotopic (exact) mass is 381 g/mol. The number of quaternary nitrogens is 1. The van der Waals surface area contributed by atoms with Crippen LogP contribution in [0.25, 0.3) is 11.1 Å². The van der Waals surface area contributed by atoms with Gasteiger partial charge in [0, 0.05) is 6.61 Å². The van der Waals surface area contributed by atoms with E-state index in [1.807, 2.05) is 47.4 Å². The molecule has 0 saturated carbocycles. The van der Waals surface area contributed by atoms with Crippen LogP contribution in [0.3, 0.4) is 0 Å². The van der Waals surface area contributed by atoms with Gasteiger partial charge in [0.25, 0.3) is 5.91 Å². The summed E-state index contributed by atoms with van der Waals surface area (Å²) in [4.78, 5) is 16.0. The Bertz CT molecular complexity index is 749. The van der Waals surface area contributed by atoms with E-state index in [2.05, 4.69) is 12.1 Å². The van der Waals surface area contributed by atoms with Gasteiger partial charge in [0.1, 0.15) is 18.4 Å². The number of ether oxygens (including phenoxy) is 2. The van der Waals surface area contributed by atoms with Crippen molar-refractivity contribution in [2.45, 2.75) is 18.9 Å². The number of nitrogens with one attached hydrogen (secondary N) is 1. The van der Waals surface area contributed by atoms with Crippen molar-refractivity contribution in [2.24, 2.45) is 0 Å². The molecule has 28 heavy (non-hydrogen) atoms. The summed E-state index contributed by atoms with van der Waals surface area (Å²) < 4.78 is 11.5. The largest absolute Gasteiger partial charge is 0.484 e. The molecule has 5 nitrogen and oxygen atoms in total. The van der Waals surface area contributed by atoms with Crippen LogP contribution in [-0.2, 0) is 9.53 Å². The number of piperazine rings is 1. The second-order valence-corrected chi connectivity index (χ2v) is 7.65. The highest BCUT2D eigenvalue weighted by molar-refractivity contribution is 5.77. The van der Waals surface area contributed by atoms with E-state index in [9.17, 15) is 4.79 Å². The number of hydrogen-bond acceptors (Lipinski definition) is 3. The minimum Gasteiger partial charge on any atom is -0.484 e. The number of amides is 1. The molecule has 148 valence electrons. The van der Waals surface area contributed by atoms with Crippen LogP contribution in [0.15, 0.2) is 54.6 Å². The van der Waals surface area contributed by atoms with Crippen LogP contribution in [0.5, 0.6) is 5.75 Å². The third-order valence-corrected chi connectivity index (χ3v) is 5.69. The van der Waals surface area contributed by atoms with E-state index < -0.39 is 0 Å². The van der Waals surface area contributed by atoms with Gasteiger partial charge in [-0.05, 0) is 36.1 Å². The Kier molecular flexibility index (Phi) is 6.24. The maximum absolute atomic E-state index is 12.5. The summed E-state index contributed by atoms with van der Waals surface area (Å²) in [5.41, 5.74) is 2.32. The van der Waals surface area contributed by atoms with Crippen LogP contribution < -0.4 is 9.64 Å². The van der Waals surface area contributed by atoms with Gasteiger partial charge in [-0.2, -0.15) is 0 Å². The van der Waals surface area contributed by atoms with Gasteiger partial charge in [-0.3, -0.25) is 4.79 Å². The molecule has 1 N–H and O–H groups in total. The molecular formula is C23H29N2O3+. The minimum absolute atomic E-state index is 0.0725. The normalized spacial score (nSPS) is 20.3. The Balaban J connectivity index is 1.21.